The summed E-state index contributed by atoms with van der Waals surface area (Å²) in [4.78, 5) is 22.8. The van der Waals surface area contributed by atoms with Crippen LogP contribution in [0.15, 0.2) is 59.4 Å². The second kappa shape index (κ2) is 7.57. The Balaban J connectivity index is 1.39. The Kier molecular flexibility index (Phi) is 4.82. The van der Waals surface area contributed by atoms with Gasteiger partial charge in [-0.25, -0.2) is 0 Å². The third-order valence-electron chi connectivity index (χ3n) is 4.77. The van der Waals surface area contributed by atoms with Crippen LogP contribution in [0.3, 0.4) is 0 Å². The molecule has 1 saturated heterocycles. The van der Waals surface area contributed by atoms with Crippen molar-refractivity contribution in [2.45, 2.75) is 12.8 Å². The maximum Gasteiger partial charge on any atom is 0.260 e. The summed E-state index contributed by atoms with van der Waals surface area (Å²) in [6.07, 6.45) is 3.38. The van der Waals surface area contributed by atoms with E-state index < -0.39 is 0 Å². The maximum absolute atomic E-state index is 12.5. The molecule has 1 aliphatic rings. The zero-order chi connectivity index (χ0) is 18.6. The minimum Gasteiger partial charge on any atom is -0.484 e. The van der Waals surface area contributed by atoms with Crippen LogP contribution in [0.5, 0.6) is 5.75 Å². The van der Waals surface area contributed by atoms with Crippen molar-refractivity contribution >= 4 is 5.91 Å². The number of aromatic nitrogens is 3. The molecular formula is C20H20N4O3. The van der Waals surface area contributed by atoms with Gasteiger partial charge in [-0.05, 0) is 30.2 Å². The SMILES string of the molecule is C[C@H]1CN(C(=O)COc2ccccc2)C[C@@H]1c1nc(-c2ccncc2)no1. The molecule has 138 valence electrons. The summed E-state index contributed by atoms with van der Waals surface area (Å²) in [6, 6.07) is 13.0. The molecule has 3 aromatic rings. The van der Waals surface area contributed by atoms with Gasteiger partial charge in [0.05, 0.1) is 5.92 Å². The van der Waals surface area contributed by atoms with Gasteiger partial charge in [-0.15, -0.1) is 0 Å². The van der Waals surface area contributed by atoms with Crippen LogP contribution >= 0.6 is 0 Å². The Morgan fingerprint density at radius 3 is 2.74 bits per heavy atom. The fraction of sp³-hybridized carbons (Fsp3) is 0.300. The van der Waals surface area contributed by atoms with Gasteiger partial charge in [-0.2, -0.15) is 4.98 Å². The van der Waals surface area contributed by atoms with Gasteiger partial charge in [0.25, 0.3) is 5.91 Å². The van der Waals surface area contributed by atoms with E-state index in [0.29, 0.717) is 30.6 Å². The van der Waals surface area contributed by atoms with Crippen molar-refractivity contribution in [1.29, 1.82) is 0 Å². The highest BCUT2D eigenvalue weighted by Crippen LogP contribution is 2.32. The number of para-hydroxylation sites is 1. The van der Waals surface area contributed by atoms with Gasteiger partial charge in [-0.1, -0.05) is 30.3 Å². The van der Waals surface area contributed by atoms with E-state index in [4.69, 9.17) is 9.26 Å². The summed E-state index contributed by atoms with van der Waals surface area (Å²) in [5.74, 6) is 2.01. The second-order valence-electron chi connectivity index (χ2n) is 6.68. The molecule has 1 aromatic carbocycles. The lowest BCUT2D eigenvalue weighted by Gasteiger charge is -2.16. The molecule has 0 bridgehead atoms. The van der Waals surface area contributed by atoms with Gasteiger partial charge in [0.1, 0.15) is 5.75 Å². The highest BCUT2D eigenvalue weighted by atomic mass is 16.5. The zero-order valence-corrected chi connectivity index (χ0v) is 15.0. The first-order chi connectivity index (χ1) is 13.2. The molecule has 0 N–H and O–H groups in total. The Labute approximate surface area is 157 Å². The van der Waals surface area contributed by atoms with Crippen molar-refractivity contribution in [3.63, 3.8) is 0 Å². The van der Waals surface area contributed by atoms with Gasteiger partial charge >= 0.3 is 0 Å². The number of amides is 1. The molecule has 7 nitrogen and oxygen atoms in total. The lowest BCUT2D eigenvalue weighted by molar-refractivity contribution is -0.132. The Hall–Kier alpha value is -3.22. The highest BCUT2D eigenvalue weighted by molar-refractivity contribution is 5.78. The maximum atomic E-state index is 12.5. The summed E-state index contributed by atoms with van der Waals surface area (Å²) in [7, 11) is 0. The van der Waals surface area contributed by atoms with Gasteiger partial charge in [0.2, 0.25) is 11.7 Å². The molecule has 0 radical (unpaired) electrons. The number of carbonyl (C=O) groups is 1. The van der Waals surface area contributed by atoms with Crippen LogP contribution in [0.4, 0.5) is 0 Å². The molecular weight excluding hydrogens is 344 g/mol. The molecule has 0 unspecified atom stereocenters. The molecule has 1 amide bonds. The van der Waals surface area contributed by atoms with Crippen molar-refractivity contribution < 1.29 is 14.1 Å². The number of pyridine rings is 1. The Morgan fingerprint density at radius 1 is 1.19 bits per heavy atom. The minimum absolute atomic E-state index is 0.0220. The third kappa shape index (κ3) is 3.81. The first-order valence-electron chi connectivity index (χ1n) is 8.90. The topological polar surface area (TPSA) is 81.4 Å². The van der Waals surface area contributed by atoms with Crippen molar-refractivity contribution in [2.24, 2.45) is 5.92 Å². The molecule has 0 saturated carbocycles. The van der Waals surface area contributed by atoms with E-state index in [2.05, 4.69) is 22.0 Å². The third-order valence-corrected chi connectivity index (χ3v) is 4.77. The molecule has 27 heavy (non-hydrogen) atoms. The lowest BCUT2D eigenvalue weighted by Crippen LogP contribution is -2.33. The standard InChI is InChI=1S/C20H20N4O3/c1-14-11-24(18(25)13-26-16-5-3-2-4-6-16)12-17(14)20-22-19(23-27-20)15-7-9-21-10-8-15/h2-10,14,17H,11-13H2,1H3/t14-,17-/m0/s1. The average molecular weight is 364 g/mol. The number of likely N-dealkylation sites (tertiary alicyclic amines) is 1. The van der Waals surface area contributed by atoms with Crippen molar-refractivity contribution in [2.75, 3.05) is 19.7 Å². The summed E-state index contributed by atoms with van der Waals surface area (Å²) < 4.78 is 11.0. The summed E-state index contributed by atoms with van der Waals surface area (Å²) in [5, 5.41) is 4.07. The van der Waals surface area contributed by atoms with Gasteiger partial charge < -0.3 is 14.2 Å². The van der Waals surface area contributed by atoms with Gasteiger partial charge in [0, 0.05) is 31.0 Å². The van der Waals surface area contributed by atoms with E-state index >= 15 is 0 Å². The zero-order valence-electron chi connectivity index (χ0n) is 15.0. The Bertz CT molecular complexity index is 898. The molecule has 1 aliphatic heterocycles. The minimum atomic E-state index is -0.0397. The molecule has 2 aromatic heterocycles. The van der Waals surface area contributed by atoms with E-state index in [1.165, 1.54) is 0 Å². The van der Waals surface area contributed by atoms with Crippen LogP contribution in [-0.2, 0) is 4.79 Å². The molecule has 4 rings (SSSR count). The highest BCUT2D eigenvalue weighted by Gasteiger charge is 2.37. The van der Waals surface area contributed by atoms with Crippen LogP contribution in [-0.4, -0.2) is 45.6 Å². The Morgan fingerprint density at radius 2 is 1.96 bits per heavy atom. The quantitative estimate of drug-likeness (QED) is 0.692. The average Bonchev–Trinajstić information content (AvgIpc) is 3.34. The van der Waals surface area contributed by atoms with Crippen LogP contribution in [0, 0.1) is 5.92 Å². The van der Waals surface area contributed by atoms with E-state index in [1.807, 2.05) is 42.5 Å². The lowest BCUT2D eigenvalue weighted by atomic mass is 9.98. The van der Waals surface area contributed by atoms with Crippen LogP contribution in [0.1, 0.15) is 18.7 Å². The van der Waals surface area contributed by atoms with E-state index in [9.17, 15) is 4.79 Å². The molecule has 3 heterocycles. The summed E-state index contributed by atoms with van der Waals surface area (Å²) >= 11 is 0. The normalized spacial score (nSPS) is 19.2. The van der Waals surface area contributed by atoms with E-state index in [-0.39, 0.29) is 24.3 Å². The predicted molar refractivity (Wildman–Crippen MR) is 98.0 cm³/mol. The number of rotatable bonds is 5. The largest absolute Gasteiger partial charge is 0.484 e. The smallest absolute Gasteiger partial charge is 0.260 e. The number of hydrogen-bond acceptors (Lipinski definition) is 6. The monoisotopic (exact) mass is 364 g/mol. The van der Waals surface area contributed by atoms with Crippen LogP contribution in [0.25, 0.3) is 11.4 Å². The first-order valence-corrected chi connectivity index (χ1v) is 8.90. The fourth-order valence-electron chi connectivity index (χ4n) is 3.25. The predicted octanol–water partition coefficient (Wildman–Crippen LogP) is 2.77. The summed E-state index contributed by atoms with van der Waals surface area (Å²) in [5.41, 5.74) is 0.856. The van der Waals surface area contributed by atoms with E-state index in [1.54, 1.807) is 17.3 Å². The molecule has 0 aliphatic carbocycles. The van der Waals surface area contributed by atoms with Crippen molar-refractivity contribution in [3.8, 4) is 17.1 Å². The number of carbonyl (C=O) groups excluding carboxylic acids is 1. The molecule has 2 atom stereocenters. The molecule has 1 fully saturated rings. The molecule has 7 heteroatoms. The number of hydrogen-bond donors (Lipinski definition) is 0. The summed E-state index contributed by atoms with van der Waals surface area (Å²) in [6.45, 7) is 3.31. The first kappa shape index (κ1) is 17.2. The fourth-order valence-corrected chi connectivity index (χ4v) is 3.25. The van der Waals surface area contributed by atoms with Crippen molar-refractivity contribution in [1.82, 2.24) is 20.0 Å². The van der Waals surface area contributed by atoms with E-state index in [0.717, 1.165) is 5.56 Å². The molecule has 0 spiro atoms. The van der Waals surface area contributed by atoms with Gasteiger partial charge in [0.15, 0.2) is 6.61 Å². The van der Waals surface area contributed by atoms with Crippen molar-refractivity contribution in [3.05, 3.63) is 60.7 Å². The van der Waals surface area contributed by atoms with Gasteiger partial charge in [-0.3, -0.25) is 9.78 Å². The van der Waals surface area contributed by atoms with Crippen LogP contribution < -0.4 is 4.74 Å². The second-order valence-corrected chi connectivity index (χ2v) is 6.68. The number of nitrogens with zero attached hydrogens (tertiary/aromatic N) is 4. The number of benzene rings is 1. The van der Waals surface area contributed by atoms with Crippen LogP contribution in [0.2, 0.25) is 0 Å². The number of ether oxygens (including phenoxy) is 1.